The molecule has 2 heterocycles. The zero-order valence-electron chi connectivity index (χ0n) is 12.5. The van der Waals surface area contributed by atoms with Gasteiger partial charge in [-0.25, -0.2) is 4.98 Å². The lowest BCUT2D eigenvalue weighted by Crippen LogP contribution is -1.93. The first-order valence-corrected chi connectivity index (χ1v) is 8.84. The Labute approximate surface area is 139 Å². The van der Waals surface area contributed by atoms with Gasteiger partial charge in [0, 0.05) is 22.5 Å². The van der Waals surface area contributed by atoms with Crippen molar-refractivity contribution in [2.24, 2.45) is 9.98 Å². The van der Waals surface area contributed by atoms with Gasteiger partial charge in [0.2, 0.25) is 0 Å². The molecule has 0 saturated heterocycles. The number of hydrogen-bond acceptors (Lipinski definition) is 6. The van der Waals surface area contributed by atoms with Crippen LogP contribution < -0.4 is 0 Å². The van der Waals surface area contributed by atoms with E-state index in [-0.39, 0.29) is 0 Å². The summed E-state index contributed by atoms with van der Waals surface area (Å²) >= 11 is 3.13. The van der Waals surface area contributed by atoms with E-state index >= 15 is 0 Å². The third-order valence-corrected chi connectivity index (χ3v) is 4.50. The van der Waals surface area contributed by atoms with Gasteiger partial charge >= 0.3 is 0 Å². The molecule has 2 aromatic rings. The molecule has 6 heteroatoms. The monoisotopic (exact) mass is 330 g/mol. The smallest absolute Gasteiger partial charge is 0.125 e. The molecule has 0 aromatic carbocycles. The van der Waals surface area contributed by atoms with E-state index in [1.807, 2.05) is 23.1 Å². The summed E-state index contributed by atoms with van der Waals surface area (Å²) in [5.74, 6) is 0.596. The van der Waals surface area contributed by atoms with Crippen molar-refractivity contribution in [2.75, 3.05) is 5.88 Å². The molecule has 114 valence electrons. The third-order valence-electron chi connectivity index (χ3n) is 2.91. The highest BCUT2D eigenvalue weighted by molar-refractivity contribution is 8.02. The SMILES string of the molecule is C=NCS/C=C(\N=C)c1csc(-c2cccnc2CCC)n1. The maximum atomic E-state index is 4.69. The molecule has 0 radical (unpaired) electrons. The fourth-order valence-electron chi connectivity index (χ4n) is 1.93. The van der Waals surface area contributed by atoms with E-state index in [4.69, 9.17) is 4.98 Å². The Morgan fingerprint density at radius 2 is 2.32 bits per heavy atom. The van der Waals surface area contributed by atoms with Crippen molar-refractivity contribution in [1.29, 1.82) is 0 Å². The lowest BCUT2D eigenvalue weighted by atomic mass is 10.1. The Bertz CT molecular complexity index is 676. The number of thioether (sulfide) groups is 1. The van der Waals surface area contributed by atoms with Gasteiger partial charge in [-0.05, 0) is 32.0 Å². The van der Waals surface area contributed by atoms with Gasteiger partial charge in [-0.15, -0.1) is 23.1 Å². The van der Waals surface area contributed by atoms with Crippen LogP contribution >= 0.6 is 23.1 Å². The van der Waals surface area contributed by atoms with E-state index in [0.29, 0.717) is 5.88 Å². The average Bonchev–Trinajstić information content (AvgIpc) is 3.02. The van der Waals surface area contributed by atoms with Gasteiger partial charge in [0.25, 0.3) is 0 Å². The van der Waals surface area contributed by atoms with E-state index in [1.54, 1.807) is 11.3 Å². The number of aryl methyl sites for hydroxylation is 1. The fourth-order valence-corrected chi connectivity index (χ4v) is 3.33. The van der Waals surface area contributed by atoms with Crippen LogP contribution in [0.5, 0.6) is 0 Å². The van der Waals surface area contributed by atoms with E-state index < -0.39 is 0 Å². The van der Waals surface area contributed by atoms with Gasteiger partial charge in [0.15, 0.2) is 0 Å². The summed E-state index contributed by atoms with van der Waals surface area (Å²) in [5.41, 5.74) is 3.78. The van der Waals surface area contributed by atoms with Crippen LogP contribution in [-0.2, 0) is 6.42 Å². The number of rotatable bonds is 8. The first-order valence-electron chi connectivity index (χ1n) is 6.91. The van der Waals surface area contributed by atoms with Crippen LogP contribution in [0.3, 0.4) is 0 Å². The largest absolute Gasteiger partial charge is 0.290 e. The first-order chi connectivity index (χ1) is 10.8. The molecule has 0 saturated carbocycles. The third kappa shape index (κ3) is 4.11. The fraction of sp³-hybridized carbons (Fsp3) is 0.250. The normalized spacial score (nSPS) is 11.4. The van der Waals surface area contributed by atoms with Gasteiger partial charge in [-0.3, -0.25) is 15.0 Å². The number of aromatic nitrogens is 2. The minimum absolute atomic E-state index is 0.596. The van der Waals surface area contributed by atoms with Gasteiger partial charge in [0.05, 0.1) is 17.3 Å². The maximum Gasteiger partial charge on any atom is 0.125 e. The Hall–Kier alpha value is -1.79. The molecule has 4 nitrogen and oxygen atoms in total. The molecule has 0 spiro atoms. The number of nitrogens with zero attached hydrogens (tertiary/aromatic N) is 4. The molecule has 2 rings (SSSR count). The minimum Gasteiger partial charge on any atom is -0.290 e. The predicted octanol–water partition coefficient (Wildman–Crippen LogP) is 4.55. The number of aliphatic imine (C=N–C) groups is 2. The molecular formula is C16H18N4S2. The van der Waals surface area contributed by atoms with Crippen LogP contribution in [0.4, 0.5) is 0 Å². The number of hydrogen-bond donors (Lipinski definition) is 0. The van der Waals surface area contributed by atoms with Crippen LogP contribution in [0.1, 0.15) is 24.7 Å². The van der Waals surface area contributed by atoms with E-state index in [1.165, 1.54) is 11.8 Å². The van der Waals surface area contributed by atoms with Gasteiger partial charge in [-0.2, -0.15) is 0 Å². The molecule has 0 aliphatic rings. The van der Waals surface area contributed by atoms with Crippen molar-refractivity contribution >= 4 is 42.2 Å². The zero-order chi connectivity index (χ0) is 15.8. The highest BCUT2D eigenvalue weighted by atomic mass is 32.2. The lowest BCUT2D eigenvalue weighted by Gasteiger charge is -2.04. The Balaban J connectivity index is 2.29. The second kappa shape index (κ2) is 8.60. The molecule has 0 aliphatic carbocycles. The summed E-state index contributed by atoms with van der Waals surface area (Å²) in [5, 5.41) is 4.88. The minimum atomic E-state index is 0.596. The van der Waals surface area contributed by atoms with Crippen LogP contribution in [0.15, 0.2) is 39.1 Å². The highest BCUT2D eigenvalue weighted by Gasteiger charge is 2.11. The van der Waals surface area contributed by atoms with Crippen molar-refractivity contribution in [1.82, 2.24) is 9.97 Å². The topological polar surface area (TPSA) is 50.5 Å². The zero-order valence-corrected chi connectivity index (χ0v) is 14.2. The van der Waals surface area contributed by atoms with Crippen LogP contribution in [0.25, 0.3) is 16.3 Å². The van der Waals surface area contributed by atoms with E-state index in [9.17, 15) is 0 Å². The molecule has 0 atom stereocenters. The molecule has 0 bridgehead atoms. The van der Waals surface area contributed by atoms with Crippen molar-refractivity contribution in [3.8, 4) is 10.6 Å². The van der Waals surface area contributed by atoms with Crippen LogP contribution in [0, 0.1) is 0 Å². The summed E-state index contributed by atoms with van der Waals surface area (Å²) < 4.78 is 0. The van der Waals surface area contributed by atoms with E-state index in [2.05, 4.69) is 41.4 Å². The summed E-state index contributed by atoms with van der Waals surface area (Å²) in [6.07, 6.45) is 3.85. The number of pyridine rings is 1. The molecule has 22 heavy (non-hydrogen) atoms. The summed E-state index contributed by atoms with van der Waals surface area (Å²) in [7, 11) is 0. The molecule has 0 fully saturated rings. The number of thiazole rings is 1. The average molecular weight is 330 g/mol. The van der Waals surface area contributed by atoms with Gasteiger partial charge < -0.3 is 0 Å². The molecule has 0 unspecified atom stereocenters. The van der Waals surface area contributed by atoms with Crippen molar-refractivity contribution in [2.45, 2.75) is 19.8 Å². The standard InChI is InChI=1S/C16H18N4S2/c1-4-6-13-12(7-5-8-19-13)16-20-15(10-22-16)14(18-3)9-21-11-17-2/h5,7-10H,2-4,6,11H2,1H3/b14-9-. The molecule has 0 aliphatic heterocycles. The Morgan fingerprint density at radius 3 is 3.05 bits per heavy atom. The molecule has 2 aromatic heterocycles. The highest BCUT2D eigenvalue weighted by Crippen LogP contribution is 2.30. The van der Waals surface area contributed by atoms with Crippen LogP contribution in [-0.4, -0.2) is 29.3 Å². The summed E-state index contributed by atoms with van der Waals surface area (Å²) in [6, 6.07) is 4.02. The quantitative estimate of drug-likeness (QED) is 0.527. The first kappa shape index (κ1) is 16.6. The Morgan fingerprint density at radius 1 is 1.45 bits per heavy atom. The van der Waals surface area contributed by atoms with Gasteiger partial charge in [-0.1, -0.05) is 13.3 Å². The van der Waals surface area contributed by atoms with Crippen molar-refractivity contribution < 1.29 is 0 Å². The summed E-state index contributed by atoms with van der Waals surface area (Å²) in [4.78, 5) is 17.0. The second-order valence-electron chi connectivity index (χ2n) is 4.47. The molecule has 0 amide bonds. The second-order valence-corrected chi connectivity index (χ2v) is 6.15. The van der Waals surface area contributed by atoms with Crippen molar-refractivity contribution in [3.05, 3.63) is 40.5 Å². The maximum absolute atomic E-state index is 4.69. The van der Waals surface area contributed by atoms with Crippen molar-refractivity contribution in [3.63, 3.8) is 0 Å². The summed E-state index contributed by atoms with van der Waals surface area (Å²) in [6.45, 7) is 9.23. The predicted molar refractivity (Wildman–Crippen MR) is 98.9 cm³/mol. The van der Waals surface area contributed by atoms with Gasteiger partial charge in [0.1, 0.15) is 10.7 Å². The molecule has 0 N–H and O–H groups in total. The molecular weight excluding hydrogens is 312 g/mol. The van der Waals surface area contributed by atoms with E-state index in [0.717, 1.165) is 40.5 Å². The Kier molecular flexibility index (Phi) is 6.48. The lowest BCUT2D eigenvalue weighted by molar-refractivity contribution is 0.884. The van der Waals surface area contributed by atoms with Crippen LogP contribution in [0.2, 0.25) is 0 Å².